The molecule has 0 aliphatic rings. The smallest absolute Gasteiger partial charge is 0.0547 e. The van der Waals surface area contributed by atoms with Crippen molar-refractivity contribution in [2.24, 2.45) is 0 Å². The molecule has 1 heterocycles. The predicted molar refractivity (Wildman–Crippen MR) is 285 cm³/mol. The summed E-state index contributed by atoms with van der Waals surface area (Å²) in [7, 11) is 0. The van der Waals surface area contributed by atoms with Crippen molar-refractivity contribution in [3.63, 3.8) is 0 Å². The lowest BCUT2D eigenvalue weighted by atomic mass is 9.89. The van der Waals surface area contributed by atoms with Gasteiger partial charge in [0.1, 0.15) is 0 Å². The number of fused-ring (bicyclic) bond motifs is 3. The second kappa shape index (κ2) is 16.0. The number of hydrogen-bond donors (Lipinski definition) is 0. The van der Waals surface area contributed by atoms with Crippen molar-refractivity contribution < 1.29 is 0 Å². The van der Waals surface area contributed by atoms with E-state index in [4.69, 9.17) is 0 Å². The third kappa shape index (κ3) is 6.51. The fourth-order valence-corrected chi connectivity index (χ4v) is 10.4. The molecular formula is C64H43N3. The van der Waals surface area contributed by atoms with Crippen molar-refractivity contribution in [2.75, 3.05) is 9.80 Å². The second-order valence-corrected chi connectivity index (χ2v) is 17.3. The first-order valence-electron chi connectivity index (χ1n) is 23.0. The van der Waals surface area contributed by atoms with Crippen LogP contribution in [0.3, 0.4) is 0 Å². The van der Waals surface area contributed by atoms with Crippen molar-refractivity contribution in [2.45, 2.75) is 0 Å². The molecule has 0 N–H and O–H groups in total. The van der Waals surface area contributed by atoms with Gasteiger partial charge in [-0.15, -0.1) is 0 Å². The van der Waals surface area contributed by atoms with Crippen LogP contribution in [-0.2, 0) is 0 Å². The van der Waals surface area contributed by atoms with Crippen LogP contribution >= 0.6 is 0 Å². The summed E-state index contributed by atoms with van der Waals surface area (Å²) < 4.78 is 2.45. The van der Waals surface area contributed by atoms with Gasteiger partial charge in [0.05, 0.1) is 16.7 Å². The van der Waals surface area contributed by atoms with Crippen LogP contribution in [0.4, 0.5) is 34.1 Å². The zero-order chi connectivity index (χ0) is 44.3. The molecule has 0 saturated heterocycles. The molecule has 0 unspecified atom stereocenters. The molecule has 0 fully saturated rings. The van der Waals surface area contributed by atoms with Gasteiger partial charge in [0, 0.05) is 50.3 Å². The first kappa shape index (κ1) is 38.5. The summed E-state index contributed by atoms with van der Waals surface area (Å²) in [4.78, 5) is 4.69. The van der Waals surface area contributed by atoms with Crippen LogP contribution < -0.4 is 9.80 Å². The molecule has 13 aromatic rings. The highest BCUT2D eigenvalue weighted by Gasteiger charge is 2.21. The first-order chi connectivity index (χ1) is 33.2. The Hall–Kier alpha value is -8.92. The zero-order valence-corrected chi connectivity index (χ0v) is 36.7. The van der Waals surface area contributed by atoms with Gasteiger partial charge >= 0.3 is 0 Å². The van der Waals surface area contributed by atoms with Gasteiger partial charge in [0.25, 0.3) is 0 Å². The number of benzene rings is 12. The molecule has 3 nitrogen and oxygen atoms in total. The van der Waals surface area contributed by atoms with E-state index in [2.05, 4.69) is 275 Å². The molecule has 0 aliphatic carbocycles. The summed E-state index contributed by atoms with van der Waals surface area (Å²) in [6.07, 6.45) is 0. The van der Waals surface area contributed by atoms with Crippen LogP contribution in [0.25, 0.3) is 82.1 Å². The van der Waals surface area contributed by atoms with E-state index in [-0.39, 0.29) is 0 Å². The van der Waals surface area contributed by atoms with Gasteiger partial charge in [0.15, 0.2) is 0 Å². The minimum Gasteiger partial charge on any atom is -0.311 e. The number of hydrogen-bond acceptors (Lipinski definition) is 2. The van der Waals surface area contributed by atoms with Crippen LogP contribution in [0.5, 0.6) is 0 Å². The number of aromatic nitrogens is 1. The molecule has 13 rings (SSSR count). The van der Waals surface area contributed by atoms with E-state index in [1.807, 2.05) is 0 Å². The Labute approximate surface area is 389 Å². The third-order valence-corrected chi connectivity index (χ3v) is 13.5. The Morgan fingerprint density at radius 3 is 1.24 bits per heavy atom. The highest BCUT2D eigenvalue weighted by atomic mass is 15.1. The summed E-state index contributed by atoms with van der Waals surface area (Å²) >= 11 is 0. The largest absolute Gasteiger partial charge is 0.311 e. The molecular weight excluding hydrogens is 811 g/mol. The Bertz CT molecular complexity index is 3800. The van der Waals surface area contributed by atoms with E-state index in [0.717, 1.165) is 39.8 Å². The SMILES string of the molecule is c1ccc(N(c2ccccc2)c2ccc(-c3ccc4c5ccc(-c6ccc7ccc8c(N(c9ccccc9)c9ccccc9)ccc9ccc6c7c98)cc5n(-c5ccccc5)c4c3)cc2)cc1. The van der Waals surface area contributed by atoms with Crippen molar-refractivity contribution >= 4 is 88.2 Å². The molecule has 314 valence electrons. The minimum absolute atomic E-state index is 1.11. The van der Waals surface area contributed by atoms with Gasteiger partial charge in [-0.2, -0.15) is 0 Å². The van der Waals surface area contributed by atoms with Crippen LogP contribution in [0.2, 0.25) is 0 Å². The maximum atomic E-state index is 2.45. The predicted octanol–water partition coefficient (Wildman–Crippen LogP) is 18.0. The minimum atomic E-state index is 1.11. The van der Waals surface area contributed by atoms with Crippen LogP contribution in [0, 0.1) is 0 Å². The van der Waals surface area contributed by atoms with E-state index >= 15 is 0 Å². The summed E-state index contributed by atoms with van der Waals surface area (Å²) in [5.74, 6) is 0. The van der Waals surface area contributed by atoms with Crippen LogP contribution in [-0.4, -0.2) is 4.57 Å². The average Bonchev–Trinajstić information content (AvgIpc) is 3.73. The molecule has 0 aliphatic heterocycles. The monoisotopic (exact) mass is 853 g/mol. The van der Waals surface area contributed by atoms with Crippen molar-refractivity contribution in [3.05, 3.63) is 261 Å². The average molecular weight is 854 g/mol. The van der Waals surface area contributed by atoms with Gasteiger partial charge < -0.3 is 14.4 Å². The molecule has 1 aromatic heterocycles. The van der Waals surface area contributed by atoms with Crippen molar-refractivity contribution in [1.29, 1.82) is 0 Å². The van der Waals surface area contributed by atoms with E-state index in [1.54, 1.807) is 0 Å². The first-order valence-corrected chi connectivity index (χ1v) is 23.0. The summed E-state index contributed by atoms with van der Waals surface area (Å²) in [5, 5.41) is 10.0. The topological polar surface area (TPSA) is 11.4 Å². The van der Waals surface area contributed by atoms with Gasteiger partial charge in [-0.05, 0) is 140 Å². The fraction of sp³-hybridized carbons (Fsp3) is 0. The van der Waals surface area contributed by atoms with E-state index in [1.165, 1.54) is 76.4 Å². The lowest BCUT2D eigenvalue weighted by Crippen LogP contribution is -2.10. The summed E-state index contributed by atoms with van der Waals surface area (Å²) in [6.45, 7) is 0. The Kier molecular flexibility index (Phi) is 9.17. The molecule has 0 bridgehead atoms. The Morgan fingerprint density at radius 2 is 0.672 bits per heavy atom. The van der Waals surface area contributed by atoms with Crippen LogP contribution in [0.15, 0.2) is 261 Å². The van der Waals surface area contributed by atoms with Gasteiger partial charge in [0.2, 0.25) is 0 Å². The highest BCUT2D eigenvalue weighted by Crippen LogP contribution is 2.46. The quantitative estimate of drug-likeness (QED) is 0.134. The normalized spacial score (nSPS) is 11.6. The number of nitrogens with zero attached hydrogens (tertiary/aromatic N) is 3. The molecule has 0 radical (unpaired) electrons. The molecule has 67 heavy (non-hydrogen) atoms. The number of rotatable bonds is 9. The molecule has 0 spiro atoms. The lowest BCUT2D eigenvalue weighted by molar-refractivity contribution is 1.18. The lowest BCUT2D eigenvalue weighted by Gasteiger charge is -2.27. The van der Waals surface area contributed by atoms with Crippen LogP contribution in [0.1, 0.15) is 0 Å². The fourth-order valence-electron chi connectivity index (χ4n) is 10.4. The zero-order valence-electron chi connectivity index (χ0n) is 36.7. The van der Waals surface area contributed by atoms with Gasteiger partial charge in [-0.25, -0.2) is 0 Å². The molecule has 0 saturated carbocycles. The summed E-state index contributed by atoms with van der Waals surface area (Å²) in [5.41, 5.74) is 15.0. The standard InChI is InChI=1S/C64H43N3/c1-6-16-49(17-7-1)65(50-18-8-2-9-19-50)54-34-26-44(27-35-54)47-31-37-56-57-38-32-48(43-62(57)67(61(56)42-47)53-24-14-5-15-25-53)55-36-28-45-30-40-59-60(41-33-46-29-39-58(55)63(45)64(46)59)66(51-20-10-3-11-21-51)52-22-12-4-13-23-52/h1-43H. The summed E-state index contributed by atoms with van der Waals surface area (Å²) in [6, 6.07) is 94.8. The van der Waals surface area contributed by atoms with Crippen molar-refractivity contribution in [1.82, 2.24) is 4.57 Å². The molecule has 0 atom stereocenters. The number of anilines is 6. The highest BCUT2D eigenvalue weighted by molar-refractivity contribution is 6.28. The molecule has 3 heteroatoms. The maximum Gasteiger partial charge on any atom is 0.0547 e. The third-order valence-electron chi connectivity index (χ3n) is 13.5. The second-order valence-electron chi connectivity index (χ2n) is 17.3. The van der Waals surface area contributed by atoms with Gasteiger partial charge in [-0.1, -0.05) is 170 Å². The molecule has 12 aromatic carbocycles. The number of para-hydroxylation sites is 5. The van der Waals surface area contributed by atoms with E-state index in [9.17, 15) is 0 Å². The Morgan fingerprint density at radius 1 is 0.269 bits per heavy atom. The Balaban J connectivity index is 0.948. The van der Waals surface area contributed by atoms with Gasteiger partial charge in [-0.3, -0.25) is 0 Å². The van der Waals surface area contributed by atoms with E-state index < -0.39 is 0 Å². The maximum absolute atomic E-state index is 2.45. The van der Waals surface area contributed by atoms with E-state index in [0.29, 0.717) is 0 Å². The van der Waals surface area contributed by atoms with Crippen molar-refractivity contribution in [3.8, 4) is 27.9 Å². The molecule has 0 amide bonds.